The molecule has 0 bridgehead atoms. The quantitative estimate of drug-likeness (QED) is 0.422. The number of carbonyl (C=O) groups excluding carboxylic acids is 1. The molecule has 0 fully saturated rings. The Morgan fingerprint density at radius 3 is 2.71 bits per heavy atom. The highest BCUT2D eigenvalue weighted by Crippen LogP contribution is 2.32. The molecule has 0 radical (unpaired) electrons. The largest absolute Gasteiger partial charge is 0.325 e. The van der Waals surface area contributed by atoms with Crippen LogP contribution < -0.4 is 5.32 Å². The zero-order chi connectivity index (χ0) is 19.7. The molecule has 0 spiro atoms. The fraction of sp³-hybridized carbons (Fsp3) is 0.286. The van der Waals surface area contributed by atoms with Gasteiger partial charge >= 0.3 is 0 Å². The first-order valence-electron chi connectivity index (χ1n) is 9.34. The van der Waals surface area contributed by atoms with Crippen LogP contribution in [0.5, 0.6) is 0 Å². The van der Waals surface area contributed by atoms with E-state index in [0.29, 0.717) is 12.3 Å². The van der Waals surface area contributed by atoms with Crippen LogP contribution in [0.2, 0.25) is 0 Å². The Kier molecular flexibility index (Phi) is 5.37. The van der Waals surface area contributed by atoms with Crippen LogP contribution >= 0.6 is 23.1 Å². The Morgan fingerprint density at radius 1 is 1.21 bits per heavy atom. The van der Waals surface area contributed by atoms with E-state index in [4.69, 9.17) is 0 Å². The molecule has 1 aromatic carbocycles. The molecule has 1 unspecified atom stereocenters. The van der Waals surface area contributed by atoms with Crippen molar-refractivity contribution < 1.29 is 4.79 Å². The van der Waals surface area contributed by atoms with Gasteiger partial charge in [-0.2, -0.15) is 0 Å². The molecule has 0 saturated heterocycles. The van der Waals surface area contributed by atoms with Crippen LogP contribution in [0.4, 0.5) is 5.69 Å². The van der Waals surface area contributed by atoms with Crippen molar-refractivity contribution in [2.24, 2.45) is 0 Å². The number of anilines is 1. The van der Waals surface area contributed by atoms with Gasteiger partial charge < -0.3 is 5.32 Å². The van der Waals surface area contributed by atoms with Gasteiger partial charge in [-0.3, -0.25) is 9.20 Å². The molecule has 3 heterocycles. The van der Waals surface area contributed by atoms with Gasteiger partial charge in [0.1, 0.15) is 11.4 Å². The molecule has 0 aliphatic carbocycles. The number of hydrogen-bond acceptors (Lipinski definition) is 5. The zero-order valence-electron chi connectivity index (χ0n) is 16.0. The third-order valence-electron chi connectivity index (χ3n) is 4.76. The predicted molar refractivity (Wildman–Crippen MR) is 117 cm³/mol. The maximum atomic E-state index is 12.8. The molecular formula is C21H22N4OS2. The first-order chi connectivity index (χ1) is 13.6. The van der Waals surface area contributed by atoms with Crippen LogP contribution in [0.25, 0.3) is 15.7 Å². The Bertz CT molecular complexity index is 1110. The molecule has 4 rings (SSSR count). The molecule has 28 heavy (non-hydrogen) atoms. The van der Waals surface area contributed by atoms with E-state index in [1.165, 1.54) is 22.0 Å². The highest BCUT2D eigenvalue weighted by molar-refractivity contribution is 8.00. The Morgan fingerprint density at radius 2 is 2.00 bits per heavy atom. The molecule has 3 aromatic heterocycles. The molecule has 1 atom stereocenters. The molecule has 7 heteroatoms. The average Bonchev–Trinajstić information content (AvgIpc) is 3.28. The summed E-state index contributed by atoms with van der Waals surface area (Å²) >= 11 is 3.16. The summed E-state index contributed by atoms with van der Waals surface area (Å²) in [7, 11) is 0. The van der Waals surface area contributed by atoms with Crippen molar-refractivity contribution in [3.05, 3.63) is 53.7 Å². The van der Waals surface area contributed by atoms with E-state index in [9.17, 15) is 4.79 Å². The van der Waals surface area contributed by atoms with Crippen LogP contribution in [0.15, 0.2) is 53.1 Å². The lowest BCUT2D eigenvalue weighted by molar-refractivity contribution is -0.115. The lowest BCUT2D eigenvalue weighted by atomic mass is 10.0. The summed E-state index contributed by atoms with van der Waals surface area (Å²) in [4.78, 5) is 12.8. The lowest BCUT2D eigenvalue weighted by Gasteiger charge is -2.15. The molecule has 1 amide bonds. The van der Waals surface area contributed by atoms with Crippen molar-refractivity contribution >= 4 is 50.4 Å². The van der Waals surface area contributed by atoms with Crippen LogP contribution in [0.1, 0.15) is 38.7 Å². The van der Waals surface area contributed by atoms with Crippen molar-refractivity contribution in [1.29, 1.82) is 0 Å². The van der Waals surface area contributed by atoms with Crippen molar-refractivity contribution in [2.75, 3.05) is 5.32 Å². The number of amides is 1. The minimum Gasteiger partial charge on any atom is -0.325 e. The summed E-state index contributed by atoms with van der Waals surface area (Å²) in [6.45, 7) is 6.33. The summed E-state index contributed by atoms with van der Waals surface area (Å²) in [6, 6.07) is 12.3. The highest BCUT2D eigenvalue weighted by atomic mass is 32.2. The number of fused-ring (bicyclic) bond motifs is 3. The van der Waals surface area contributed by atoms with E-state index >= 15 is 0 Å². The number of thioether (sulfide) groups is 1. The second-order valence-electron chi connectivity index (χ2n) is 6.99. The number of hydrogen-bond donors (Lipinski definition) is 1. The minimum atomic E-state index is -0.238. The Labute approximate surface area is 172 Å². The van der Waals surface area contributed by atoms with Gasteiger partial charge in [0.2, 0.25) is 5.91 Å². The monoisotopic (exact) mass is 410 g/mol. The predicted octanol–water partition coefficient (Wildman–Crippen LogP) is 5.58. The summed E-state index contributed by atoms with van der Waals surface area (Å²) in [5.74, 6) is 0.460. The summed E-state index contributed by atoms with van der Waals surface area (Å²) in [5, 5.41) is 14.1. The van der Waals surface area contributed by atoms with Crippen molar-refractivity contribution in [3.8, 4) is 0 Å². The molecule has 0 aliphatic rings. The van der Waals surface area contributed by atoms with Gasteiger partial charge in [-0.15, -0.1) is 21.5 Å². The maximum Gasteiger partial charge on any atom is 0.237 e. The molecule has 144 valence electrons. The van der Waals surface area contributed by atoms with Gasteiger partial charge in [-0.1, -0.05) is 44.7 Å². The first-order valence-corrected chi connectivity index (χ1v) is 11.1. The minimum absolute atomic E-state index is 0.0121. The number of benzene rings is 1. The number of thiophene rings is 1. The second kappa shape index (κ2) is 7.93. The van der Waals surface area contributed by atoms with E-state index in [-0.39, 0.29) is 11.2 Å². The topological polar surface area (TPSA) is 59.3 Å². The lowest BCUT2D eigenvalue weighted by Crippen LogP contribution is -2.24. The van der Waals surface area contributed by atoms with E-state index in [1.54, 1.807) is 17.7 Å². The number of aromatic nitrogens is 3. The molecule has 0 aliphatic heterocycles. The van der Waals surface area contributed by atoms with Crippen LogP contribution in [-0.4, -0.2) is 25.8 Å². The van der Waals surface area contributed by atoms with E-state index in [0.717, 1.165) is 21.7 Å². The fourth-order valence-electron chi connectivity index (χ4n) is 3.13. The van der Waals surface area contributed by atoms with E-state index in [1.807, 2.05) is 23.5 Å². The molecule has 5 nitrogen and oxygen atoms in total. The van der Waals surface area contributed by atoms with Crippen LogP contribution in [-0.2, 0) is 4.79 Å². The maximum absolute atomic E-state index is 12.8. The third-order valence-corrected chi connectivity index (χ3v) is 6.96. The van der Waals surface area contributed by atoms with Crippen LogP contribution in [0, 0.1) is 0 Å². The SMILES string of the molecule is CCC(Sc1nncn2c1cc1sccc12)C(=O)Nc1ccc(C(C)C)cc1. The number of nitrogens with one attached hydrogen (secondary N) is 1. The fourth-order valence-corrected chi connectivity index (χ4v) is 4.91. The van der Waals surface area contributed by atoms with Crippen LogP contribution in [0.3, 0.4) is 0 Å². The highest BCUT2D eigenvalue weighted by Gasteiger charge is 2.21. The van der Waals surface area contributed by atoms with Crippen molar-refractivity contribution in [3.63, 3.8) is 0 Å². The van der Waals surface area contributed by atoms with E-state index in [2.05, 4.69) is 59.0 Å². The Balaban J connectivity index is 1.54. The summed E-state index contributed by atoms with van der Waals surface area (Å²) in [6.07, 6.45) is 2.43. The van der Waals surface area contributed by atoms with Gasteiger partial charge in [0.15, 0.2) is 0 Å². The Hall–Kier alpha value is -2.38. The number of rotatable bonds is 6. The van der Waals surface area contributed by atoms with Gasteiger partial charge in [-0.25, -0.2) is 0 Å². The van der Waals surface area contributed by atoms with Gasteiger partial charge in [-0.05, 0) is 47.5 Å². The van der Waals surface area contributed by atoms with E-state index < -0.39 is 0 Å². The standard InChI is InChI=1S/C21H22N4OS2/c1-4-18(20(26)23-15-7-5-14(6-8-15)13(2)3)28-21-17-11-19-16(9-10-27-19)25(17)12-22-24-21/h5-13,18H,4H2,1-3H3,(H,23,26). The first kappa shape index (κ1) is 19.0. The molecule has 1 N–H and O–H groups in total. The van der Waals surface area contributed by atoms with Crippen molar-refractivity contribution in [2.45, 2.75) is 43.4 Å². The third kappa shape index (κ3) is 3.64. The number of carbonyl (C=O) groups is 1. The molecule has 0 saturated carbocycles. The van der Waals surface area contributed by atoms with Gasteiger partial charge in [0.25, 0.3) is 0 Å². The second-order valence-corrected chi connectivity index (χ2v) is 9.13. The molecule has 4 aromatic rings. The summed E-state index contributed by atoms with van der Waals surface area (Å²) < 4.78 is 3.23. The number of nitrogens with zero attached hydrogens (tertiary/aromatic N) is 3. The normalized spacial score (nSPS) is 12.7. The van der Waals surface area contributed by atoms with Gasteiger partial charge in [0.05, 0.1) is 21.0 Å². The van der Waals surface area contributed by atoms with Crippen molar-refractivity contribution in [1.82, 2.24) is 14.6 Å². The van der Waals surface area contributed by atoms with Gasteiger partial charge in [0, 0.05) is 5.69 Å². The summed E-state index contributed by atoms with van der Waals surface area (Å²) in [5.41, 5.74) is 4.20. The smallest absolute Gasteiger partial charge is 0.237 e. The molecular weight excluding hydrogens is 388 g/mol. The average molecular weight is 411 g/mol. The zero-order valence-corrected chi connectivity index (χ0v) is 17.7.